The Hall–Kier alpha value is -2.35. The third kappa shape index (κ3) is 3.85. The van der Waals surface area contributed by atoms with Gasteiger partial charge < -0.3 is 9.84 Å². The summed E-state index contributed by atoms with van der Waals surface area (Å²) in [7, 11) is 1.45. The zero-order valence-corrected chi connectivity index (χ0v) is 13.7. The number of aromatic hydroxyl groups is 1. The van der Waals surface area contributed by atoms with Gasteiger partial charge in [0.05, 0.1) is 13.3 Å². The number of halogens is 1. The highest BCUT2D eigenvalue weighted by Crippen LogP contribution is 2.32. The molecule has 0 saturated carbocycles. The molecule has 1 heterocycles. The van der Waals surface area contributed by atoms with Gasteiger partial charge in [0.15, 0.2) is 11.5 Å². The Bertz CT molecular complexity index is 712. The van der Waals surface area contributed by atoms with Gasteiger partial charge in [-0.2, -0.15) is 10.2 Å². The van der Waals surface area contributed by atoms with Crippen molar-refractivity contribution in [3.8, 4) is 11.5 Å². The molecule has 1 amide bonds. The zero-order valence-electron chi connectivity index (χ0n) is 12.1. The van der Waals surface area contributed by atoms with Crippen LogP contribution in [0.3, 0.4) is 0 Å². The molecule has 0 atom stereocenters. The molecule has 0 fully saturated rings. The monoisotopic (exact) mass is 366 g/mol. The molecule has 2 N–H and O–H groups in total. The SMILES string of the molecule is COc1cc(Br)cc(/C=N\NC(=O)Cn2nccc2C)c1O. The summed E-state index contributed by atoms with van der Waals surface area (Å²) in [5.41, 5.74) is 3.68. The third-order valence-electron chi connectivity index (χ3n) is 2.90. The standard InChI is InChI=1S/C14H15BrN4O3/c1-9-3-4-17-19(9)8-13(20)18-16-7-10-5-11(15)6-12(22-2)14(10)21/h3-7,21H,8H2,1-2H3,(H,18,20)/b16-7-. The van der Waals surface area contributed by atoms with Crippen LogP contribution in [0.25, 0.3) is 0 Å². The van der Waals surface area contributed by atoms with Gasteiger partial charge in [-0.05, 0) is 25.1 Å². The van der Waals surface area contributed by atoms with E-state index >= 15 is 0 Å². The Morgan fingerprint density at radius 1 is 1.59 bits per heavy atom. The number of nitrogens with one attached hydrogen (secondary N) is 1. The number of phenols is 1. The number of carbonyl (C=O) groups is 1. The smallest absolute Gasteiger partial charge is 0.261 e. The lowest BCUT2D eigenvalue weighted by atomic mass is 10.2. The van der Waals surface area contributed by atoms with Gasteiger partial charge in [0.2, 0.25) is 0 Å². The lowest BCUT2D eigenvalue weighted by Gasteiger charge is -2.07. The predicted molar refractivity (Wildman–Crippen MR) is 85.1 cm³/mol. The Balaban J connectivity index is 2.02. The third-order valence-corrected chi connectivity index (χ3v) is 3.36. The molecule has 1 aromatic heterocycles. The Labute approximate surface area is 135 Å². The molecule has 2 rings (SSSR count). The van der Waals surface area contributed by atoms with Crippen LogP contribution < -0.4 is 10.2 Å². The summed E-state index contributed by atoms with van der Waals surface area (Å²) < 4.78 is 7.32. The normalized spacial score (nSPS) is 10.9. The second-order valence-electron chi connectivity index (χ2n) is 4.47. The van der Waals surface area contributed by atoms with Crippen LogP contribution in [0.15, 0.2) is 34.0 Å². The van der Waals surface area contributed by atoms with Gasteiger partial charge in [-0.3, -0.25) is 9.48 Å². The Kier molecular flexibility index (Phi) is 5.16. The topological polar surface area (TPSA) is 88.7 Å². The van der Waals surface area contributed by atoms with E-state index in [4.69, 9.17) is 4.74 Å². The highest BCUT2D eigenvalue weighted by molar-refractivity contribution is 9.10. The van der Waals surface area contributed by atoms with Crippen molar-refractivity contribution in [2.24, 2.45) is 5.10 Å². The first-order valence-electron chi connectivity index (χ1n) is 6.38. The molecule has 0 aliphatic carbocycles. The second-order valence-corrected chi connectivity index (χ2v) is 5.38. The summed E-state index contributed by atoms with van der Waals surface area (Å²) in [6.45, 7) is 1.93. The van der Waals surface area contributed by atoms with Crippen molar-refractivity contribution in [2.75, 3.05) is 7.11 Å². The number of aryl methyl sites for hydroxylation is 1. The van der Waals surface area contributed by atoms with E-state index in [1.54, 1.807) is 23.0 Å². The van der Waals surface area contributed by atoms with Crippen molar-refractivity contribution in [3.63, 3.8) is 0 Å². The number of nitrogens with zero attached hydrogens (tertiary/aromatic N) is 3. The fourth-order valence-electron chi connectivity index (χ4n) is 1.76. The lowest BCUT2D eigenvalue weighted by molar-refractivity contribution is -0.121. The van der Waals surface area contributed by atoms with Gasteiger partial charge in [0, 0.05) is 21.9 Å². The van der Waals surface area contributed by atoms with E-state index in [9.17, 15) is 9.90 Å². The molecule has 0 unspecified atom stereocenters. The number of amides is 1. The van der Waals surface area contributed by atoms with Crippen molar-refractivity contribution >= 4 is 28.1 Å². The summed E-state index contributed by atoms with van der Waals surface area (Å²) in [5.74, 6) is -0.0505. The van der Waals surface area contributed by atoms with E-state index in [-0.39, 0.29) is 18.2 Å². The van der Waals surface area contributed by atoms with Gasteiger partial charge in [0.25, 0.3) is 5.91 Å². The molecule has 0 aliphatic heterocycles. The van der Waals surface area contributed by atoms with E-state index < -0.39 is 0 Å². The molecule has 8 heteroatoms. The van der Waals surface area contributed by atoms with E-state index in [1.807, 2.05) is 13.0 Å². The van der Waals surface area contributed by atoms with Gasteiger partial charge in [0.1, 0.15) is 6.54 Å². The maximum Gasteiger partial charge on any atom is 0.261 e. The maximum absolute atomic E-state index is 11.7. The number of hydrazone groups is 1. The van der Waals surface area contributed by atoms with Crippen LogP contribution in [0.2, 0.25) is 0 Å². The van der Waals surface area contributed by atoms with Crippen LogP contribution in [-0.4, -0.2) is 34.1 Å². The zero-order chi connectivity index (χ0) is 16.1. The number of phenolic OH excluding ortho intramolecular Hbond substituents is 1. The van der Waals surface area contributed by atoms with Crippen LogP contribution in [-0.2, 0) is 11.3 Å². The van der Waals surface area contributed by atoms with E-state index in [0.29, 0.717) is 11.3 Å². The minimum absolute atomic E-state index is 0.0494. The summed E-state index contributed by atoms with van der Waals surface area (Å²) in [5, 5.41) is 17.8. The number of hydrogen-bond acceptors (Lipinski definition) is 5. The fourth-order valence-corrected chi connectivity index (χ4v) is 2.21. The molecule has 7 nitrogen and oxygen atoms in total. The van der Waals surface area contributed by atoms with Gasteiger partial charge in [-0.15, -0.1) is 0 Å². The van der Waals surface area contributed by atoms with E-state index in [1.165, 1.54) is 13.3 Å². The molecule has 116 valence electrons. The molecule has 1 aromatic carbocycles. The molecule has 2 aromatic rings. The molecule has 22 heavy (non-hydrogen) atoms. The van der Waals surface area contributed by atoms with Crippen LogP contribution in [0.4, 0.5) is 0 Å². The number of carbonyl (C=O) groups excluding carboxylic acids is 1. The lowest BCUT2D eigenvalue weighted by Crippen LogP contribution is -2.24. The molecular formula is C14H15BrN4O3. The van der Waals surface area contributed by atoms with Crippen LogP contribution >= 0.6 is 15.9 Å². The summed E-state index contributed by atoms with van der Waals surface area (Å²) in [4.78, 5) is 11.7. The number of benzene rings is 1. The Morgan fingerprint density at radius 2 is 2.36 bits per heavy atom. The van der Waals surface area contributed by atoms with Crippen molar-refractivity contribution < 1.29 is 14.6 Å². The largest absolute Gasteiger partial charge is 0.504 e. The van der Waals surface area contributed by atoms with Crippen LogP contribution in [0.5, 0.6) is 11.5 Å². The highest BCUT2D eigenvalue weighted by atomic mass is 79.9. The van der Waals surface area contributed by atoms with Gasteiger partial charge >= 0.3 is 0 Å². The van der Waals surface area contributed by atoms with E-state index in [0.717, 1.165) is 10.2 Å². The fraction of sp³-hybridized carbons (Fsp3) is 0.214. The molecule has 0 spiro atoms. The van der Waals surface area contributed by atoms with Gasteiger partial charge in [-0.1, -0.05) is 15.9 Å². The first-order valence-corrected chi connectivity index (χ1v) is 7.17. The number of methoxy groups -OCH3 is 1. The average Bonchev–Trinajstić information content (AvgIpc) is 2.87. The molecule has 0 saturated heterocycles. The van der Waals surface area contributed by atoms with Crippen molar-refractivity contribution in [1.29, 1.82) is 0 Å². The minimum atomic E-state index is -0.315. The predicted octanol–water partition coefficient (Wildman–Crippen LogP) is 1.82. The quantitative estimate of drug-likeness (QED) is 0.623. The molecule has 0 radical (unpaired) electrons. The number of hydrogen-bond donors (Lipinski definition) is 2. The first-order chi connectivity index (χ1) is 10.5. The summed E-state index contributed by atoms with van der Waals surface area (Å²) in [6.07, 6.45) is 2.97. The average molecular weight is 367 g/mol. The highest BCUT2D eigenvalue weighted by Gasteiger charge is 2.08. The maximum atomic E-state index is 11.7. The van der Waals surface area contributed by atoms with Crippen LogP contribution in [0.1, 0.15) is 11.3 Å². The first kappa shape index (κ1) is 16.0. The number of ether oxygens (including phenoxy) is 1. The minimum Gasteiger partial charge on any atom is -0.504 e. The number of aromatic nitrogens is 2. The van der Waals surface area contributed by atoms with Crippen molar-refractivity contribution in [2.45, 2.75) is 13.5 Å². The Morgan fingerprint density at radius 3 is 3.00 bits per heavy atom. The van der Waals surface area contributed by atoms with Crippen LogP contribution in [0, 0.1) is 6.92 Å². The number of rotatable bonds is 5. The molecular weight excluding hydrogens is 352 g/mol. The molecule has 0 aliphatic rings. The second kappa shape index (κ2) is 7.08. The van der Waals surface area contributed by atoms with Gasteiger partial charge in [-0.25, -0.2) is 5.43 Å². The summed E-state index contributed by atoms with van der Waals surface area (Å²) >= 11 is 3.30. The molecule has 0 bridgehead atoms. The van der Waals surface area contributed by atoms with Crippen molar-refractivity contribution in [1.82, 2.24) is 15.2 Å². The van der Waals surface area contributed by atoms with E-state index in [2.05, 4.69) is 31.6 Å². The summed E-state index contributed by atoms with van der Waals surface area (Å²) in [6, 6.07) is 5.10. The van der Waals surface area contributed by atoms with Crippen molar-refractivity contribution in [3.05, 3.63) is 40.1 Å².